The van der Waals surface area contributed by atoms with Crippen LogP contribution in [-0.2, 0) is 23.7 Å². The summed E-state index contributed by atoms with van der Waals surface area (Å²) in [6.45, 7) is 5.43. The Balaban J connectivity index is 2.54. The average molecular weight is 348 g/mol. The molecule has 5 nitrogen and oxygen atoms in total. The summed E-state index contributed by atoms with van der Waals surface area (Å²) in [5.74, 6) is 8.69. The van der Waals surface area contributed by atoms with E-state index in [0.29, 0.717) is 0 Å². The Labute approximate surface area is 151 Å². The lowest BCUT2D eigenvalue weighted by molar-refractivity contribution is -0.405. The van der Waals surface area contributed by atoms with Gasteiger partial charge in [0.2, 0.25) is 5.79 Å². The molecule has 25 heavy (non-hydrogen) atoms. The van der Waals surface area contributed by atoms with E-state index < -0.39 is 23.6 Å². The highest BCUT2D eigenvalue weighted by atomic mass is 16.8. The summed E-state index contributed by atoms with van der Waals surface area (Å²) in [6.07, 6.45) is 7.18. The van der Waals surface area contributed by atoms with E-state index in [2.05, 4.69) is 30.6 Å². The first-order chi connectivity index (χ1) is 11.9. The summed E-state index contributed by atoms with van der Waals surface area (Å²) in [4.78, 5) is 12.1. The normalized spacial score (nSPS) is 28.7. The molecule has 1 rings (SSSR count). The molecular weight excluding hydrogens is 320 g/mol. The number of cyclic esters (lactones) is 1. The zero-order chi connectivity index (χ0) is 18.8. The van der Waals surface area contributed by atoms with Gasteiger partial charge in [-0.05, 0) is 25.5 Å². The van der Waals surface area contributed by atoms with E-state index in [0.717, 1.165) is 12.8 Å². The van der Waals surface area contributed by atoms with Crippen LogP contribution in [0.1, 0.15) is 52.9 Å². The van der Waals surface area contributed by atoms with Gasteiger partial charge in [0.15, 0.2) is 6.10 Å². The van der Waals surface area contributed by atoms with E-state index in [1.807, 2.05) is 0 Å². The zero-order valence-corrected chi connectivity index (χ0v) is 15.8. The first-order valence-corrected chi connectivity index (χ1v) is 8.55. The Bertz CT molecular complexity index is 589. The molecule has 0 unspecified atom stereocenters. The molecule has 1 heterocycles. The topological polar surface area (TPSA) is 54.0 Å². The van der Waals surface area contributed by atoms with E-state index in [4.69, 9.17) is 18.9 Å². The van der Waals surface area contributed by atoms with Gasteiger partial charge in [-0.1, -0.05) is 43.4 Å². The lowest BCUT2D eigenvalue weighted by Crippen LogP contribution is -2.64. The summed E-state index contributed by atoms with van der Waals surface area (Å²) >= 11 is 0. The van der Waals surface area contributed by atoms with E-state index in [1.165, 1.54) is 27.1 Å². The van der Waals surface area contributed by atoms with Crippen LogP contribution >= 0.6 is 0 Å². The van der Waals surface area contributed by atoms with Gasteiger partial charge >= 0.3 is 5.97 Å². The van der Waals surface area contributed by atoms with Crippen LogP contribution in [0.4, 0.5) is 0 Å². The van der Waals surface area contributed by atoms with Crippen molar-refractivity contribution < 1.29 is 23.7 Å². The molecule has 0 aromatic heterocycles. The number of allylic oxidation sites excluding steroid dienone is 2. The molecule has 0 aliphatic carbocycles. The van der Waals surface area contributed by atoms with Crippen molar-refractivity contribution in [2.24, 2.45) is 0 Å². The van der Waals surface area contributed by atoms with Gasteiger partial charge < -0.3 is 18.9 Å². The minimum absolute atomic E-state index is 0.200. The fraction of sp³-hybridized carbons (Fsp3) is 0.650. The number of hydrogen-bond acceptors (Lipinski definition) is 5. The van der Waals surface area contributed by atoms with Crippen molar-refractivity contribution >= 4 is 5.97 Å². The maximum absolute atomic E-state index is 12.1. The largest absolute Gasteiger partial charge is 0.425 e. The molecule has 0 bridgehead atoms. The fourth-order valence-electron chi connectivity index (χ4n) is 2.25. The number of methoxy groups -OCH3 is 2. The maximum atomic E-state index is 12.1. The standard InChI is InChI=1S/C20H28O5/c1-6-7-8-9-10-11-12-13-14-15-16-17-18(21)25-20(3,23-5)19(2,22-4)24-17/h12-13,17H,6-9,16H2,1-5H3/b13-12-/t17-,19-,20-/m0/s1. The van der Waals surface area contributed by atoms with Crippen LogP contribution in [0.15, 0.2) is 12.2 Å². The maximum Gasteiger partial charge on any atom is 0.339 e. The molecule has 0 spiro atoms. The summed E-state index contributed by atoms with van der Waals surface area (Å²) in [7, 11) is 2.91. The lowest BCUT2D eigenvalue weighted by Gasteiger charge is -2.47. The van der Waals surface area contributed by atoms with Crippen LogP contribution in [0.5, 0.6) is 0 Å². The van der Waals surface area contributed by atoms with Crippen molar-refractivity contribution in [3.63, 3.8) is 0 Å². The lowest BCUT2D eigenvalue weighted by atomic mass is 10.1. The summed E-state index contributed by atoms with van der Waals surface area (Å²) in [6, 6.07) is 0. The third-order valence-corrected chi connectivity index (χ3v) is 4.18. The number of ether oxygens (including phenoxy) is 4. The van der Waals surface area contributed by atoms with Crippen molar-refractivity contribution in [1.29, 1.82) is 0 Å². The SMILES string of the molecule is CCCCCC#C/C=C\C#CC[C@@H]1O[C@](C)(OC)[C@@](C)(OC)OC1=O. The number of rotatable bonds is 6. The summed E-state index contributed by atoms with van der Waals surface area (Å²) in [5, 5.41) is 0. The Kier molecular flexibility index (Phi) is 8.72. The van der Waals surface area contributed by atoms with Crippen molar-refractivity contribution in [3.05, 3.63) is 12.2 Å². The minimum Gasteiger partial charge on any atom is -0.425 e. The van der Waals surface area contributed by atoms with Crippen LogP contribution in [0.25, 0.3) is 0 Å². The molecule has 1 aliphatic rings. The third kappa shape index (κ3) is 5.90. The number of unbranched alkanes of at least 4 members (excludes halogenated alkanes) is 3. The summed E-state index contributed by atoms with van der Waals surface area (Å²) in [5.41, 5.74) is 0. The Morgan fingerprint density at radius 3 is 2.32 bits per heavy atom. The van der Waals surface area contributed by atoms with Crippen LogP contribution < -0.4 is 0 Å². The van der Waals surface area contributed by atoms with E-state index >= 15 is 0 Å². The van der Waals surface area contributed by atoms with Gasteiger partial charge in [0.05, 0.1) is 0 Å². The van der Waals surface area contributed by atoms with Gasteiger partial charge in [-0.2, -0.15) is 0 Å². The van der Waals surface area contributed by atoms with Crippen molar-refractivity contribution in [2.75, 3.05) is 14.2 Å². The van der Waals surface area contributed by atoms with Crippen molar-refractivity contribution in [1.82, 2.24) is 0 Å². The molecule has 0 aromatic rings. The molecule has 1 saturated heterocycles. The van der Waals surface area contributed by atoms with E-state index in [-0.39, 0.29) is 6.42 Å². The van der Waals surface area contributed by atoms with Crippen LogP contribution in [-0.4, -0.2) is 37.9 Å². The van der Waals surface area contributed by atoms with Gasteiger partial charge in [0.25, 0.3) is 5.79 Å². The van der Waals surface area contributed by atoms with Gasteiger partial charge in [0.1, 0.15) is 0 Å². The molecule has 138 valence electrons. The van der Waals surface area contributed by atoms with Gasteiger partial charge in [-0.15, -0.1) is 0 Å². The molecule has 1 aliphatic heterocycles. The van der Waals surface area contributed by atoms with Crippen LogP contribution in [0.3, 0.4) is 0 Å². The first-order valence-electron chi connectivity index (χ1n) is 8.55. The van der Waals surface area contributed by atoms with Gasteiger partial charge in [-0.3, -0.25) is 0 Å². The molecule has 3 atom stereocenters. The summed E-state index contributed by atoms with van der Waals surface area (Å²) < 4.78 is 21.7. The molecular formula is C20H28O5. The minimum atomic E-state index is -1.31. The number of esters is 1. The van der Waals surface area contributed by atoms with Crippen LogP contribution in [0, 0.1) is 23.7 Å². The number of hydrogen-bond donors (Lipinski definition) is 0. The first kappa shape index (κ1) is 21.3. The molecule has 5 heteroatoms. The van der Waals surface area contributed by atoms with Crippen molar-refractivity contribution in [2.45, 2.75) is 70.6 Å². The molecule has 0 N–H and O–H groups in total. The highest BCUT2D eigenvalue weighted by Crippen LogP contribution is 2.37. The predicted molar refractivity (Wildman–Crippen MR) is 95.2 cm³/mol. The predicted octanol–water partition coefficient (Wildman–Crippen LogP) is 3.19. The monoisotopic (exact) mass is 348 g/mol. The Morgan fingerprint density at radius 1 is 1.08 bits per heavy atom. The second-order valence-electron chi connectivity index (χ2n) is 5.96. The molecule has 0 saturated carbocycles. The van der Waals surface area contributed by atoms with Gasteiger partial charge in [0, 0.05) is 34.0 Å². The smallest absolute Gasteiger partial charge is 0.339 e. The van der Waals surface area contributed by atoms with Gasteiger partial charge in [-0.25, -0.2) is 4.79 Å². The average Bonchev–Trinajstić information content (AvgIpc) is 2.60. The molecule has 0 radical (unpaired) electrons. The van der Waals surface area contributed by atoms with E-state index in [1.54, 1.807) is 26.0 Å². The van der Waals surface area contributed by atoms with E-state index in [9.17, 15) is 4.79 Å². The van der Waals surface area contributed by atoms with Crippen LogP contribution in [0.2, 0.25) is 0 Å². The zero-order valence-electron chi connectivity index (χ0n) is 15.8. The number of carbonyl (C=O) groups is 1. The molecule has 0 amide bonds. The Morgan fingerprint density at radius 2 is 1.72 bits per heavy atom. The highest BCUT2D eigenvalue weighted by Gasteiger charge is 2.57. The fourth-order valence-corrected chi connectivity index (χ4v) is 2.25. The number of carbonyl (C=O) groups excluding carboxylic acids is 1. The Hall–Kier alpha value is -1.79. The molecule has 0 aromatic carbocycles. The quantitative estimate of drug-likeness (QED) is 0.419. The second kappa shape index (κ2) is 10.3. The molecule has 1 fully saturated rings. The van der Waals surface area contributed by atoms with Crippen molar-refractivity contribution in [3.8, 4) is 23.7 Å². The highest BCUT2D eigenvalue weighted by molar-refractivity contribution is 5.76. The second-order valence-corrected chi connectivity index (χ2v) is 5.96. The third-order valence-electron chi connectivity index (χ3n) is 4.18.